The van der Waals surface area contributed by atoms with E-state index in [2.05, 4.69) is 10.3 Å². The molecule has 0 aliphatic carbocycles. The molecular weight excluding hydrogens is 328 g/mol. The summed E-state index contributed by atoms with van der Waals surface area (Å²) in [5.41, 5.74) is 4.96. The van der Waals surface area contributed by atoms with Gasteiger partial charge in [-0.05, 0) is 49.6 Å². The van der Waals surface area contributed by atoms with Crippen LogP contribution < -0.4 is 4.90 Å². The van der Waals surface area contributed by atoms with Crippen molar-refractivity contribution in [3.8, 4) is 0 Å². The van der Waals surface area contributed by atoms with E-state index in [0.29, 0.717) is 12.2 Å². The van der Waals surface area contributed by atoms with E-state index in [9.17, 15) is 9.59 Å². The summed E-state index contributed by atoms with van der Waals surface area (Å²) in [6.45, 7) is 6.44. The van der Waals surface area contributed by atoms with Crippen LogP contribution in [0.5, 0.6) is 0 Å². The summed E-state index contributed by atoms with van der Waals surface area (Å²) in [5, 5.41) is 9.79. The van der Waals surface area contributed by atoms with Crippen molar-refractivity contribution in [3.05, 3.63) is 64.7 Å². The molecule has 0 aromatic heterocycles. The number of nitrogens with zero attached hydrogens (tertiary/aromatic N) is 4. The van der Waals surface area contributed by atoms with Crippen molar-refractivity contribution in [2.75, 3.05) is 4.90 Å². The smallest absolute Gasteiger partial charge is 0.263 e. The maximum atomic E-state index is 13.0. The number of aryl methyl sites for hydroxylation is 3. The second-order valence-electron chi connectivity index (χ2n) is 6.96. The zero-order valence-corrected chi connectivity index (χ0v) is 15.0. The SMILES string of the molecule is Cc1ccc(CN2N=N[C@@H]3C(=O)N(c4ccc(C)c(C)c4)C(=O)[C@@H]32)cc1. The first kappa shape index (κ1) is 16.4. The molecule has 2 aromatic rings. The third-order valence-corrected chi connectivity index (χ3v) is 5.07. The third-order valence-electron chi connectivity index (χ3n) is 5.07. The highest BCUT2D eigenvalue weighted by Crippen LogP contribution is 2.33. The van der Waals surface area contributed by atoms with Crippen LogP contribution in [0.2, 0.25) is 0 Å². The van der Waals surface area contributed by atoms with Crippen LogP contribution in [0, 0.1) is 20.8 Å². The zero-order valence-electron chi connectivity index (χ0n) is 15.0. The third kappa shape index (κ3) is 2.58. The topological polar surface area (TPSA) is 65.3 Å². The van der Waals surface area contributed by atoms with Crippen LogP contribution >= 0.6 is 0 Å². The molecule has 26 heavy (non-hydrogen) atoms. The number of hydrogen-bond acceptors (Lipinski definition) is 5. The molecular formula is C20H20N4O2. The fraction of sp³-hybridized carbons (Fsp3) is 0.300. The van der Waals surface area contributed by atoms with Crippen molar-refractivity contribution in [2.45, 2.75) is 39.4 Å². The van der Waals surface area contributed by atoms with Gasteiger partial charge in [0.25, 0.3) is 11.8 Å². The number of imide groups is 1. The lowest BCUT2D eigenvalue weighted by atomic mass is 10.1. The average Bonchev–Trinajstić information content (AvgIpc) is 3.13. The number of hydrogen-bond donors (Lipinski definition) is 0. The van der Waals surface area contributed by atoms with Crippen molar-refractivity contribution < 1.29 is 9.59 Å². The normalized spacial score (nSPS) is 21.7. The lowest BCUT2D eigenvalue weighted by Gasteiger charge is -2.21. The van der Waals surface area contributed by atoms with Gasteiger partial charge in [-0.1, -0.05) is 41.1 Å². The fourth-order valence-electron chi connectivity index (χ4n) is 3.35. The largest absolute Gasteiger partial charge is 0.271 e. The summed E-state index contributed by atoms with van der Waals surface area (Å²) in [4.78, 5) is 27.0. The molecule has 4 rings (SSSR count). The summed E-state index contributed by atoms with van der Waals surface area (Å²) >= 11 is 0. The molecule has 6 nitrogen and oxygen atoms in total. The highest BCUT2D eigenvalue weighted by Gasteiger charge is 2.54. The molecule has 2 aliphatic rings. The van der Waals surface area contributed by atoms with Gasteiger partial charge in [0.05, 0.1) is 12.2 Å². The molecule has 0 saturated carbocycles. The molecule has 0 bridgehead atoms. The minimum atomic E-state index is -0.755. The maximum absolute atomic E-state index is 13.0. The van der Waals surface area contributed by atoms with Crippen LogP contribution in [0.25, 0.3) is 0 Å². The van der Waals surface area contributed by atoms with E-state index in [1.165, 1.54) is 10.5 Å². The number of fused-ring (bicyclic) bond motifs is 1. The van der Waals surface area contributed by atoms with E-state index in [4.69, 9.17) is 0 Å². The highest BCUT2D eigenvalue weighted by molar-refractivity contribution is 6.25. The van der Waals surface area contributed by atoms with Gasteiger partial charge in [-0.25, -0.2) is 4.90 Å². The number of carbonyl (C=O) groups is 2. The lowest BCUT2D eigenvalue weighted by molar-refractivity contribution is -0.123. The Kier molecular flexibility index (Phi) is 3.83. The molecule has 0 unspecified atom stereocenters. The Morgan fingerprint density at radius 2 is 1.65 bits per heavy atom. The van der Waals surface area contributed by atoms with Crippen molar-refractivity contribution >= 4 is 17.5 Å². The monoisotopic (exact) mass is 348 g/mol. The molecule has 2 amide bonds. The van der Waals surface area contributed by atoms with Crippen LogP contribution in [-0.4, -0.2) is 28.9 Å². The van der Waals surface area contributed by atoms with Gasteiger partial charge in [0.15, 0.2) is 12.1 Å². The van der Waals surface area contributed by atoms with E-state index in [0.717, 1.165) is 16.7 Å². The molecule has 2 atom stereocenters. The molecule has 1 fully saturated rings. The minimum absolute atomic E-state index is 0.264. The van der Waals surface area contributed by atoms with Crippen molar-refractivity contribution in [1.82, 2.24) is 5.01 Å². The molecule has 2 aliphatic heterocycles. The summed E-state index contributed by atoms with van der Waals surface area (Å²) in [5.74, 6) is -0.571. The first-order chi connectivity index (χ1) is 12.5. The van der Waals surface area contributed by atoms with Crippen LogP contribution in [0.3, 0.4) is 0 Å². The van der Waals surface area contributed by atoms with Crippen molar-refractivity contribution in [2.24, 2.45) is 10.3 Å². The summed E-state index contributed by atoms with van der Waals surface area (Å²) in [7, 11) is 0. The maximum Gasteiger partial charge on any atom is 0.263 e. The second-order valence-corrected chi connectivity index (χ2v) is 6.96. The van der Waals surface area contributed by atoms with E-state index >= 15 is 0 Å². The Bertz CT molecular complexity index is 920. The van der Waals surface area contributed by atoms with Gasteiger partial charge < -0.3 is 0 Å². The van der Waals surface area contributed by atoms with Crippen LogP contribution in [0.4, 0.5) is 5.69 Å². The number of benzene rings is 2. The van der Waals surface area contributed by atoms with Gasteiger partial charge in [0.1, 0.15) is 0 Å². The second kappa shape index (κ2) is 6.05. The Morgan fingerprint density at radius 1 is 0.923 bits per heavy atom. The number of rotatable bonds is 3. The number of carbonyl (C=O) groups excluding carboxylic acids is 2. The molecule has 6 heteroatoms. The van der Waals surface area contributed by atoms with Crippen LogP contribution in [0.1, 0.15) is 22.3 Å². The molecule has 0 N–H and O–H groups in total. The van der Waals surface area contributed by atoms with Crippen LogP contribution in [-0.2, 0) is 16.1 Å². The first-order valence-electron chi connectivity index (χ1n) is 8.64. The Hall–Kier alpha value is -3.02. The number of anilines is 1. The van der Waals surface area contributed by atoms with Gasteiger partial charge in [0, 0.05) is 0 Å². The Balaban J connectivity index is 1.60. The molecule has 2 heterocycles. The quantitative estimate of drug-likeness (QED) is 0.801. The predicted molar refractivity (Wildman–Crippen MR) is 97.6 cm³/mol. The van der Waals surface area contributed by atoms with Gasteiger partial charge in [0.2, 0.25) is 0 Å². The summed E-state index contributed by atoms with van der Waals surface area (Å²) in [6.07, 6.45) is 0. The average molecular weight is 348 g/mol. The standard InChI is InChI=1S/C20H20N4O2/c1-12-4-7-15(8-5-12)11-23-18-17(21-22-23)19(25)24(20(18)26)16-9-6-13(2)14(3)10-16/h4-10,17-18H,11H2,1-3H3/t17-,18+/m0/s1. The lowest BCUT2D eigenvalue weighted by Crippen LogP contribution is -2.39. The van der Waals surface area contributed by atoms with Gasteiger partial charge >= 0.3 is 0 Å². The van der Waals surface area contributed by atoms with Crippen LogP contribution in [0.15, 0.2) is 52.8 Å². The van der Waals surface area contributed by atoms with Gasteiger partial charge in [-0.2, -0.15) is 5.11 Å². The van der Waals surface area contributed by atoms with E-state index < -0.39 is 12.1 Å². The minimum Gasteiger partial charge on any atom is -0.271 e. The Labute approximate surface area is 152 Å². The van der Waals surface area contributed by atoms with E-state index in [1.807, 2.05) is 57.2 Å². The molecule has 0 spiro atoms. The van der Waals surface area contributed by atoms with Gasteiger partial charge in [-0.15, -0.1) is 0 Å². The molecule has 132 valence electrons. The predicted octanol–water partition coefficient (Wildman–Crippen LogP) is 3.11. The van der Waals surface area contributed by atoms with Gasteiger partial charge in [-0.3, -0.25) is 14.6 Å². The van der Waals surface area contributed by atoms with E-state index in [1.54, 1.807) is 11.1 Å². The van der Waals surface area contributed by atoms with E-state index in [-0.39, 0.29) is 11.8 Å². The fourth-order valence-corrected chi connectivity index (χ4v) is 3.35. The Morgan fingerprint density at radius 3 is 2.35 bits per heavy atom. The van der Waals surface area contributed by atoms with Crippen molar-refractivity contribution in [1.29, 1.82) is 0 Å². The molecule has 0 radical (unpaired) electrons. The zero-order chi connectivity index (χ0) is 18.4. The summed E-state index contributed by atoms with van der Waals surface area (Å²) in [6, 6.07) is 12.2. The molecule has 1 saturated heterocycles. The first-order valence-corrected chi connectivity index (χ1v) is 8.64. The molecule has 2 aromatic carbocycles. The van der Waals surface area contributed by atoms with Crippen molar-refractivity contribution in [3.63, 3.8) is 0 Å². The summed E-state index contributed by atoms with van der Waals surface area (Å²) < 4.78 is 0. The highest BCUT2D eigenvalue weighted by atomic mass is 16.2. The number of amides is 2.